The van der Waals surface area contributed by atoms with Gasteiger partial charge in [-0.1, -0.05) is 67.9 Å². The van der Waals surface area contributed by atoms with E-state index in [1.54, 1.807) is 0 Å². The third kappa shape index (κ3) is 3.01. The van der Waals surface area contributed by atoms with E-state index >= 15 is 0 Å². The fourth-order valence-electron chi connectivity index (χ4n) is 2.19. The number of aryl methyl sites for hydroxylation is 1. The smallest absolute Gasteiger partial charge is 0.0162 e. The predicted molar refractivity (Wildman–Crippen MR) is 79.9 cm³/mol. The monoisotopic (exact) mass is 238 g/mol. The van der Waals surface area contributed by atoms with Gasteiger partial charge in [-0.3, -0.25) is 0 Å². The van der Waals surface area contributed by atoms with E-state index in [1.807, 2.05) is 13.8 Å². The number of rotatable bonds is 2. The number of hydrogen-bond acceptors (Lipinski definition) is 0. The summed E-state index contributed by atoms with van der Waals surface area (Å²) in [5.41, 5.74) is 5.48. The molecule has 0 heteroatoms. The summed E-state index contributed by atoms with van der Waals surface area (Å²) in [7, 11) is 0. The maximum atomic E-state index is 2.29. The number of benzene rings is 2. The van der Waals surface area contributed by atoms with Crippen LogP contribution in [0, 0.1) is 6.92 Å². The van der Waals surface area contributed by atoms with E-state index in [0.29, 0.717) is 0 Å². The second kappa shape index (κ2) is 5.86. The van der Waals surface area contributed by atoms with Crippen LogP contribution in [0.3, 0.4) is 0 Å². The van der Waals surface area contributed by atoms with Crippen molar-refractivity contribution in [1.82, 2.24) is 0 Å². The first-order chi connectivity index (χ1) is 8.83. The first kappa shape index (κ1) is 12.9. The molecule has 2 aromatic rings. The molecule has 0 N–H and O–H groups in total. The van der Waals surface area contributed by atoms with Crippen LogP contribution < -0.4 is 0 Å². The Morgan fingerprint density at radius 1 is 0.833 bits per heavy atom. The zero-order valence-corrected chi connectivity index (χ0v) is 11.6. The fraction of sp³-hybridized carbons (Fsp3) is 0.333. The van der Waals surface area contributed by atoms with Crippen LogP contribution in [-0.2, 0) is 0 Å². The largest absolute Gasteiger partial charge is 0.0683 e. The Labute approximate surface area is 111 Å². The zero-order valence-electron chi connectivity index (χ0n) is 11.6. The van der Waals surface area contributed by atoms with Crippen molar-refractivity contribution >= 4 is 0 Å². The summed E-state index contributed by atoms with van der Waals surface area (Å²) in [6, 6.07) is 17.8. The molecule has 1 aliphatic rings. The van der Waals surface area contributed by atoms with E-state index < -0.39 is 0 Å². The maximum Gasteiger partial charge on any atom is -0.0162 e. The Bertz CT molecular complexity index is 490. The highest BCUT2D eigenvalue weighted by Crippen LogP contribution is 2.40. The topological polar surface area (TPSA) is 0 Å². The molecular weight excluding hydrogens is 216 g/mol. The van der Waals surface area contributed by atoms with Crippen molar-refractivity contribution in [3.05, 3.63) is 59.7 Å². The highest BCUT2D eigenvalue weighted by atomic mass is 14.3. The molecule has 0 atom stereocenters. The second-order valence-corrected chi connectivity index (χ2v) is 4.77. The molecule has 0 unspecified atom stereocenters. The van der Waals surface area contributed by atoms with Crippen molar-refractivity contribution in [2.45, 2.75) is 39.5 Å². The highest BCUT2D eigenvalue weighted by Gasteiger charge is 2.22. The normalized spacial score (nSPS) is 13.7. The molecule has 0 aromatic heterocycles. The minimum atomic E-state index is 0.853. The maximum absolute atomic E-state index is 2.29. The average Bonchev–Trinajstić information content (AvgIpc) is 3.26. The zero-order chi connectivity index (χ0) is 13.0. The number of hydrogen-bond donors (Lipinski definition) is 0. The molecule has 18 heavy (non-hydrogen) atoms. The van der Waals surface area contributed by atoms with Crippen LogP contribution in [0.5, 0.6) is 0 Å². The van der Waals surface area contributed by atoms with Crippen molar-refractivity contribution in [2.75, 3.05) is 0 Å². The molecule has 0 bridgehead atoms. The van der Waals surface area contributed by atoms with E-state index in [0.717, 1.165) is 5.92 Å². The minimum absolute atomic E-state index is 0.853. The Balaban J connectivity index is 0.000000574. The van der Waals surface area contributed by atoms with Crippen molar-refractivity contribution in [1.29, 1.82) is 0 Å². The summed E-state index contributed by atoms with van der Waals surface area (Å²) < 4.78 is 0. The van der Waals surface area contributed by atoms with Crippen LogP contribution in [0.2, 0.25) is 0 Å². The summed E-state index contributed by atoms with van der Waals surface area (Å²) in [5, 5.41) is 0. The Morgan fingerprint density at radius 3 is 2.06 bits per heavy atom. The van der Waals surface area contributed by atoms with Crippen LogP contribution >= 0.6 is 0 Å². The molecule has 3 rings (SSSR count). The first-order valence-corrected chi connectivity index (χ1v) is 7.00. The lowest BCUT2D eigenvalue weighted by atomic mass is 10.0. The van der Waals surface area contributed by atoms with Gasteiger partial charge in [-0.25, -0.2) is 0 Å². The summed E-state index contributed by atoms with van der Waals surface area (Å²) in [6.45, 7) is 6.14. The van der Waals surface area contributed by atoms with E-state index in [4.69, 9.17) is 0 Å². The van der Waals surface area contributed by atoms with Crippen molar-refractivity contribution in [3.63, 3.8) is 0 Å². The van der Waals surface area contributed by atoms with Gasteiger partial charge in [0.05, 0.1) is 0 Å². The van der Waals surface area contributed by atoms with Gasteiger partial charge in [0, 0.05) is 0 Å². The van der Waals surface area contributed by atoms with Crippen LogP contribution in [0.4, 0.5) is 0 Å². The molecular formula is C18H22. The Kier molecular flexibility index (Phi) is 4.19. The average molecular weight is 238 g/mol. The van der Waals surface area contributed by atoms with Gasteiger partial charge in [0.15, 0.2) is 0 Å². The van der Waals surface area contributed by atoms with E-state index in [1.165, 1.54) is 35.1 Å². The minimum Gasteiger partial charge on any atom is -0.0683 e. The van der Waals surface area contributed by atoms with Gasteiger partial charge in [0.1, 0.15) is 0 Å². The summed E-state index contributed by atoms with van der Waals surface area (Å²) in [4.78, 5) is 0. The van der Waals surface area contributed by atoms with Gasteiger partial charge in [-0.2, -0.15) is 0 Å². The van der Waals surface area contributed by atoms with Crippen LogP contribution in [-0.4, -0.2) is 0 Å². The molecule has 0 amide bonds. The molecule has 0 aliphatic heterocycles. The van der Waals surface area contributed by atoms with E-state index in [2.05, 4.69) is 55.5 Å². The SMILES string of the molecule is CC.Cc1cccc(-c2ccc(C3CC3)cc2)c1. The molecule has 0 saturated heterocycles. The fourth-order valence-corrected chi connectivity index (χ4v) is 2.19. The molecule has 0 radical (unpaired) electrons. The standard InChI is InChI=1S/C16H16.C2H6/c1-12-3-2-4-16(11-12)15-9-7-14(8-10-15)13-5-6-13;1-2/h2-4,7-11,13H,5-6H2,1H3;1-2H3. The first-order valence-electron chi connectivity index (χ1n) is 7.00. The van der Waals surface area contributed by atoms with E-state index in [9.17, 15) is 0 Å². The lowest BCUT2D eigenvalue weighted by Gasteiger charge is -2.04. The predicted octanol–water partition coefficient (Wildman–Crippen LogP) is 5.57. The highest BCUT2D eigenvalue weighted by molar-refractivity contribution is 5.64. The van der Waals surface area contributed by atoms with E-state index in [-0.39, 0.29) is 0 Å². The molecule has 0 heterocycles. The van der Waals surface area contributed by atoms with Crippen LogP contribution in [0.25, 0.3) is 11.1 Å². The van der Waals surface area contributed by atoms with Crippen LogP contribution in [0.15, 0.2) is 48.5 Å². The van der Waals surface area contributed by atoms with Gasteiger partial charge in [0.2, 0.25) is 0 Å². The third-order valence-corrected chi connectivity index (χ3v) is 3.31. The molecule has 94 valence electrons. The summed E-state index contributed by atoms with van der Waals surface area (Å²) in [6.07, 6.45) is 2.76. The quantitative estimate of drug-likeness (QED) is 0.642. The van der Waals surface area contributed by atoms with Crippen molar-refractivity contribution in [3.8, 4) is 11.1 Å². The second-order valence-electron chi connectivity index (χ2n) is 4.77. The van der Waals surface area contributed by atoms with Crippen molar-refractivity contribution < 1.29 is 0 Å². The Hall–Kier alpha value is -1.56. The van der Waals surface area contributed by atoms with Gasteiger partial charge in [-0.15, -0.1) is 0 Å². The van der Waals surface area contributed by atoms with Gasteiger partial charge in [-0.05, 0) is 42.4 Å². The van der Waals surface area contributed by atoms with Gasteiger partial charge >= 0.3 is 0 Å². The van der Waals surface area contributed by atoms with Crippen molar-refractivity contribution in [2.24, 2.45) is 0 Å². The lowest BCUT2D eigenvalue weighted by Crippen LogP contribution is -1.82. The third-order valence-electron chi connectivity index (χ3n) is 3.31. The lowest BCUT2D eigenvalue weighted by molar-refractivity contribution is 1.13. The summed E-state index contributed by atoms with van der Waals surface area (Å²) in [5.74, 6) is 0.853. The molecule has 1 saturated carbocycles. The Morgan fingerprint density at radius 2 is 1.50 bits per heavy atom. The summed E-state index contributed by atoms with van der Waals surface area (Å²) >= 11 is 0. The molecule has 1 fully saturated rings. The molecule has 0 spiro atoms. The molecule has 1 aliphatic carbocycles. The van der Waals surface area contributed by atoms with Gasteiger partial charge < -0.3 is 0 Å². The molecule has 0 nitrogen and oxygen atoms in total. The molecule has 2 aromatic carbocycles. The van der Waals surface area contributed by atoms with Crippen LogP contribution in [0.1, 0.15) is 43.7 Å². The van der Waals surface area contributed by atoms with Gasteiger partial charge in [0.25, 0.3) is 0 Å².